The van der Waals surface area contributed by atoms with Crippen LogP contribution in [-0.2, 0) is 4.74 Å². The molecule has 0 aliphatic heterocycles. The van der Waals surface area contributed by atoms with Crippen molar-refractivity contribution in [2.75, 3.05) is 6.61 Å². The quantitative estimate of drug-likeness (QED) is 0.356. The minimum Gasteiger partial charge on any atom is -0.462 e. The minimum absolute atomic E-state index is 0.273. The molecule has 0 atom stereocenters. The molecule has 5 rings (SSSR count). The van der Waals surface area contributed by atoms with E-state index in [-0.39, 0.29) is 5.97 Å². The summed E-state index contributed by atoms with van der Waals surface area (Å²) in [6.45, 7) is 2.20. The van der Waals surface area contributed by atoms with Crippen molar-refractivity contribution in [3.05, 3.63) is 77.8 Å². The lowest BCUT2D eigenvalue weighted by atomic mass is 10.0. The van der Waals surface area contributed by atoms with E-state index in [0.29, 0.717) is 12.2 Å². The maximum absolute atomic E-state index is 12.9. The number of nitrogens with zero attached hydrogens (tertiary/aromatic N) is 1. The Morgan fingerprint density at radius 1 is 0.963 bits per heavy atom. The van der Waals surface area contributed by atoms with E-state index >= 15 is 0 Å². The Morgan fingerprint density at radius 3 is 2.44 bits per heavy atom. The molecule has 0 saturated heterocycles. The number of carbonyl (C=O) groups excluding carboxylic acids is 1. The smallest absolute Gasteiger partial charge is 0.340 e. The number of ether oxygens (including phenoxy) is 1. The summed E-state index contributed by atoms with van der Waals surface area (Å²) in [6, 6.07) is 20.5. The van der Waals surface area contributed by atoms with E-state index in [1.54, 1.807) is 11.3 Å². The summed E-state index contributed by atoms with van der Waals surface area (Å²) in [4.78, 5) is 14.1. The average molecular weight is 371 g/mol. The number of benzene rings is 2. The van der Waals surface area contributed by atoms with Crippen LogP contribution in [0.5, 0.6) is 0 Å². The third kappa shape index (κ3) is 2.37. The summed E-state index contributed by atoms with van der Waals surface area (Å²) in [5.74, 6) is -0.273. The van der Waals surface area contributed by atoms with Gasteiger partial charge in [-0.1, -0.05) is 48.5 Å². The molecule has 2 aromatic carbocycles. The van der Waals surface area contributed by atoms with Gasteiger partial charge in [-0.05, 0) is 29.8 Å². The van der Waals surface area contributed by atoms with E-state index in [0.717, 1.165) is 27.2 Å². The zero-order valence-electron chi connectivity index (χ0n) is 14.8. The zero-order valence-corrected chi connectivity index (χ0v) is 15.6. The number of aromatic nitrogens is 1. The predicted molar refractivity (Wildman–Crippen MR) is 112 cm³/mol. The second-order valence-corrected chi connectivity index (χ2v) is 7.34. The number of thiophene rings is 1. The van der Waals surface area contributed by atoms with Gasteiger partial charge in [0.15, 0.2) is 0 Å². The van der Waals surface area contributed by atoms with Crippen LogP contribution in [0.2, 0.25) is 0 Å². The second-order valence-electron chi connectivity index (χ2n) is 6.40. The number of pyridine rings is 1. The summed E-state index contributed by atoms with van der Waals surface area (Å²) >= 11 is 1.72. The van der Waals surface area contributed by atoms with E-state index in [2.05, 4.69) is 46.3 Å². The van der Waals surface area contributed by atoms with Gasteiger partial charge < -0.3 is 9.14 Å². The van der Waals surface area contributed by atoms with Crippen LogP contribution in [0.25, 0.3) is 37.6 Å². The average Bonchev–Trinajstić information content (AvgIpc) is 3.34. The van der Waals surface area contributed by atoms with E-state index < -0.39 is 0 Å². The number of carbonyl (C=O) groups is 1. The van der Waals surface area contributed by atoms with Gasteiger partial charge in [0.05, 0.1) is 23.2 Å². The molecule has 4 heteroatoms. The molecule has 0 radical (unpaired) electrons. The lowest BCUT2D eigenvalue weighted by Gasteiger charge is -2.10. The molecule has 3 aromatic heterocycles. The maximum atomic E-state index is 12.9. The molecule has 132 valence electrons. The molecular formula is C23H17NO2S. The molecule has 0 spiro atoms. The molecule has 27 heavy (non-hydrogen) atoms. The molecule has 0 fully saturated rings. The van der Waals surface area contributed by atoms with Crippen LogP contribution in [-0.4, -0.2) is 17.0 Å². The van der Waals surface area contributed by atoms with Gasteiger partial charge in [-0.15, -0.1) is 11.3 Å². The Bertz CT molecular complexity index is 1300. The monoisotopic (exact) mass is 371 g/mol. The second kappa shape index (κ2) is 6.25. The maximum Gasteiger partial charge on any atom is 0.340 e. The molecular weight excluding hydrogens is 354 g/mol. The highest BCUT2D eigenvalue weighted by Crippen LogP contribution is 2.38. The van der Waals surface area contributed by atoms with Crippen LogP contribution < -0.4 is 0 Å². The van der Waals surface area contributed by atoms with Crippen LogP contribution in [0.1, 0.15) is 17.3 Å². The highest BCUT2D eigenvalue weighted by atomic mass is 32.1. The Hall–Kier alpha value is -3.11. The first-order chi connectivity index (χ1) is 13.3. The zero-order chi connectivity index (χ0) is 18.4. The third-order valence-corrected chi connectivity index (χ3v) is 5.81. The number of esters is 1. The molecule has 0 saturated carbocycles. The van der Waals surface area contributed by atoms with Gasteiger partial charge >= 0.3 is 5.97 Å². The molecule has 0 N–H and O–H groups in total. The molecule has 0 aliphatic rings. The predicted octanol–water partition coefficient (Wildman–Crippen LogP) is 6.15. The largest absolute Gasteiger partial charge is 0.462 e. The van der Waals surface area contributed by atoms with E-state index in [1.165, 1.54) is 10.4 Å². The van der Waals surface area contributed by atoms with Crippen molar-refractivity contribution in [2.24, 2.45) is 0 Å². The number of para-hydroxylation sites is 1. The van der Waals surface area contributed by atoms with Gasteiger partial charge in [0.2, 0.25) is 0 Å². The fourth-order valence-corrected chi connectivity index (χ4v) is 4.57. The van der Waals surface area contributed by atoms with Gasteiger partial charge in [0, 0.05) is 27.4 Å². The van der Waals surface area contributed by atoms with Crippen LogP contribution in [0.4, 0.5) is 0 Å². The van der Waals surface area contributed by atoms with Crippen LogP contribution in [0.3, 0.4) is 0 Å². The van der Waals surface area contributed by atoms with Crippen molar-refractivity contribution in [1.82, 2.24) is 4.40 Å². The normalized spacial score (nSPS) is 11.4. The summed E-state index contributed by atoms with van der Waals surface area (Å²) < 4.78 is 7.54. The van der Waals surface area contributed by atoms with E-state index in [1.807, 2.05) is 37.3 Å². The number of rotatable bonds is 3. The van der Waals surface area contributed by atoms with Crippen molar-refractivity contribution < 1.29 is 9.53 Å². The molecule has 0 amide bonds. The fraction of sp³-hybridized carbons (Fsp3) is 0.0870. The fourth-order valence-electron chi connectivity index (χ4n) is 3.82. The molecule has 5 aromatic rings. The topological polar surface area (TPSA) is 30.7 Å². The van der Waals surface area contributed by atoms with Crippen molar-refractivity contribution in [1.29, 1.82) is 0 Å². The molecule has 0 unspecified atom stereocenters. The Morgan fingerprint density at radius 2 is 1.70 bits per heavy atom. The summed E-state index contributed by atoms with van der Waals surface area (Å²) in [5, 5.41) is 5.21. The summed E-state index contributed by atoms with van der Waals surface area (Å²) in [6.07, 6.45) is 2.15. The van der Waals surface area contributed by atoms with Crippen molar-refractivity contribution >= 4 is 44.5 Å². The van der Waals surface area contributed by atoms with Gasteiger partial charge in [-0.25, -0.2) is 4.79 Å². The Balaban J connectivity index is 2.02. The van der Waals surface area contributed by atoms with E-state index in [4.69, 9.17) is 4.74 Å². The highest BCUT2D eigenvalue weighted by molar-refractivity contribution is 7.13. The molecule has 3 nitrogen and oxygen atoms in total. The summed E-state index contributed by atoms with van der Waals surface area (Å²) in [5.41, 5.74) is 3.73. The first-order valence-electron chi connectivity index (χ1n) is 8.95. The van der Waals surface area contributed by atoms with Gasteiger partial charge in [0.1, 0.15) is 0 Å². The minimum atomic E-state index is -0.273. The van der Waals surface area contributed by atoms with Crippen molar-refractivity contribution in [3.8, 4) is 10.4 Å². The van der Waals surface area contributed by atoms with Crippen molar-refractivity contribution in [3.63, 3.8) is 0 Å². The van der Waals surface area contributed by atoms with E-state index in [9.17, 15) is 4.79 Å². The standard InChI is InChI=1S/C23H17NO2S/c1-2-26-23(25)21-17-10-5-6-11-19(17)24-14-18(20-12-7-13-27-20)15-8-3-4-9-16(15)22(21)24/h3-14H,2H2,1H3. The molecule has 0 bridgehead atoms. The van der Waals surface area contributed by atoms with Crippen LogP contribution in [0, 0.1) is 0 Å². The Kier molecular flexibility index (Phi) is 3.73. The SMILES string of the molecule is CCOC(=O)c1c2ccccc2n2cc(-c3cccs3)c3ccccc3c12. The number of fused-ring (bicyclic) bond motifs is 5. The van der Waals surface area contributed by atoms with Crippen LogP contribution >= 0.6 is 11.3 Å². The van der Waals surface area contributed by atoms with Gasteiger partial charge in [-0.3, -0.25) is 0 Å². The third-order valence-electron chi connectivity index (χ3n) is 4.91. The lowest BCUT2D eigenvalue weighted by molar-refractivity contribution is 0.0531. The number of hydrogen-bond donors (Lipinski definition) is 0. The number of hydrogen-bond acceptors (Lipinski definition) is 3. The highest BCUT2D eigenvalue weighted by Gasteiger charge is 2.22. The lowest BCUT2D eigenvalue weighted by Crippen LogP contribution is -2.05. The summed E-state index contributed by atoms with van der Waals surface area (Å²) in [7, 11) is 0. The van der Waals surface area contributed by atoms with Gasteiger partial charge in [-0.2, -0.15) is 0 Å². The first-order valence-corrected chi connectivity index (χ1v) is 9.83. The van der Waals surface area contributed by atoms with Crippen LogP contribution in [0.15, 0.2) is 72.2 Å². The Labute approximate surface area is 160 Å². The first kappa shape index (κ1) is 16.1. The molecule has 3 heterocycles. The molecule has 0 aliphatic carbocycles. The van der Waals surface area contributed by atoms with Gasteiger partial charge in [0.25, 0.3) is 0 Å². The van der Waals surface area contributed by atoms with Crippen molar-refractivity contribution in [2.45, 2.75) is 6.92 Å².